The largest absolute Gasteiger partial charge is 0.478 e. The van der Waals surface area contributed by atoms with Crippen molar-refractivity contribution in [3.63, 3.8) is 0 Å². The summed E-state index contributed by atoms with van der Waals surface area (Å²) in [5.74, 6) is 0.0289. The van der Waals surface area contributed by atoms with Crippen LogP contribution in [0.2, 0.25) is 0 Å². The number of aromatic carboxylic acids is 1. The molecule has 2 fully saturated rings. The quantitative estimate of drug-likeness (QED) is 0.891. The molecule has 120 valence electrons. The third-order valence-electron chi connectivity index (χ3n) is 5.20. The first kappa shape index (κ1) is 15.4. The Hall–Kier alpha value is -1.46. The second-order valence-corrected chi connectivity index (χ2v) is 6.60. The summed E-state index contributed by atoms with van der Waals surface area (Å²) < 4.78 is 0. The van der Waals surface area contributed by atoms with E-state index in [2.05, 4.69) is 9.88 Å². The zero-order valence-corrected chi connectivity index (χ0v) is 12.8. The number of pyridine rings is 1. The predicted octanol–water partition coefficient (Wildman–Crippen LogP) is 2.15. The number of aliphatic hydroxyl groups is 1. The molecule has 1 saturated heterocycles. The first-order chi connectivity index (χ1) is 10.6. The Labute approximate surface area is 131 Å². The lowest BCUT2D eigenvalue weighted by Crippen LogP contribution is -2.45. The molecule has 0 aromatic carbocycles. The van der Waals surface area contributed by atoms with Crippen molar-refractivity contribution in [3.05, 3.63) is 29.6 Å². The summed E-state index contributed by atoms with van der Waals surface area (Å²) in [7, 11) is 0. The maximum Gasteiger partial charge on any atom is 0.337 e. The standard InChI is InChI=1S/C17H24N2O3/c20-16-7-9-19(10-14(16)12-4-1-2-5-12)11-15-13(17(21)22)6-3-8-18-15/h3,6,8,12,14,16,20H,1-2,4-5,7,9-11H2,(H,21,22)/t14-,16+/m0/s1. The Kier molecular flexibility index (Phi) is 4.74. The zero-order valence-electron chi connectivity index (χ0n) is 12.8. The van der Waals surface area contributed by atoms with E-state index in [0.717, 1.165) is 19.5 Å². The Morgan fingerprint density at radius 3 is 2.82 bits per heavy atom. The monoisotopic (exact) mass is 304 g/mol. The van der Waals surface area contributed by atoms with Crippen LogP contribution in [0.4, 0.5) is 0 Å². The van der Waals surface area contributed by atoms with Crippen molar-refractivity contribution in [3.8, 4) is 0 Å². The number of hydrogen-bond donors (Lipinski definition) is 2. The molecule has 0 radical (unpaired) electrons. The van der Waals surface area contributed by atoms with Gasteiger partial charge in [0.05, 0.1) is 17.4 Å². The Bertz CT molecular complexity index is 528. The summed E-state index contributed by atoms with van der Waals surface area (Å²) >= 11 is 0. The van der Waals surface area contributed by atoms with Gasteiger partial charge in [0.15, 0.2) is 0 Å². The summed E-state index contributed by atoms with van der Waals surface area (Å²) in [6.45, 7) is 2.21. The van der Waals surface area contributed by atoms with Gasteiger partial charge in [-0.25, -0.2) is 4.79 Å². The van der Waals surface area contributed by atoms with Crippen LogP contribution >= 0.6 is 0 Å². The van der Waals surface area contributed by atoms with E-state index in [-0.39, 0.29) is 11.7 Å². The third-order valence-corrected chi connectivity index (χ3v) is 5.20. The molecule has 5 heteroatoms. The minimum Gasteiger partial charge on any atom is -0.478 e. The molecule has 1 aliphatic heterocycles. The van der Waals surface area contributed by atoms with E-state index >= 15 is 0 Å². The molecule has 2 heterocycles. The van der Waals surface area contributed by atoms with Gasteiger partial charge in [-0.3, -0.25) is 9.88 Å². The molecule has 5 nitrogen and oxygen atoms in total. The number of hydrogen-bond acceptors (Lipinski definition) is 4. The first-order valence-corrected chi connectivity index (χ1v) is 8.22. The number of rotatable bonds is 4. The Balaban J connectivity index is 1.69. The molecule has 0 amide bonds. The molecule has 2 aliphatic rings. The van der Waals surface area contributed by atoms with Crippen molar-refractivity contribution in [1.82, 2.24) is 9.88 Å². The fraction of sp³-hybridized carbons (Fsp3) is 0.647. The second-order valence-electron chi connectivity index (χ2n) is 6.60. The molecule has 1 saturated carbocycles. The molecule has 2 atom stereocenters. The summed E-state index contributed by atoms with van der Waals surface area (Å²) in [6, 6.07) is 3.27. The van der Waals surface area contributed by atoms with E-state index in [9.17, 15) is 15.0 Å². The van der Waals surface area contributed by atoms with Crippen molar-refractivity contribution in [1.29, 1.82) is 0 Å². The lowest BCUT2D eigenvalue weighted by Gasteiger charge is -2.39. The van der Waals surface area contributed by atoms with Gasteiger partial charge < -0.3 is 10.2 Å². The highest BCUT2D eigenvalue weighted by Crippen LogP contribution is 2.36. The number of carbonyl (C=O) groups is 1. The van der Waals surface area contributed by atoms with Crippen molar-refractivity contribution in [2.45, 2.75) is 44.8 Å². The fourth-order valence-electron chi connectivity index (χ4n) is 4.00. The molecule has 22 heavy (non-hydrogen) atoms. The van der Waals surface area contributed by atoms with Crippen LogP contribution in [-0.2, 0) is 6.54 Å². The summed E-state index contributed by atoms with van der Waals surface area (Å²) in [4.78, 5) is 17.8. The molecule has 1 aromatic heterocycles. The van der Waals surface area contributed by atoms with Gasteiger partial charge in [0, 0.05) is 31.7 Å². The van der Waals surface area contributed by atoms with Crippen molar-refractivity contribution in [2.24, 2.45) is 11.8 Å². The van der Waals surface area contributed by atoms with Crippen LogP contribution in [0.25, 0.3) is 0 Å². The number of carboxylic acids is 1. The first-order valence-electron chi connectivity index (χ1n) is 8.22. The van der Waals surface area contributed by atoms with Gasteiger partial charge >= 0.3 is 5.97 Å². The maximum absolute atomic E-state index is 11.3. The molecule has 2 N–H and O–H groups in total. The highest BCUT2D eigenvalue weighted by atomic mass is 16.4. The molecule has 0 unspecified atom stereocenters. The van der Waals surface area contributed by atoms with Gasteiger partial charge in [-0.15, -0.1) is 0 Å². The van der Waals surface area contributed by atoms with Gasteiger partial charge in [-0.2, -0.15) is 0 Å². The van der Waals surface area contributed by atoms with Crippen LogP contribution in [0.3, 0.4) is 0 Å². The molecule has 0 bridgehead atoms. The van der Waals surface area contributed by atoms with Crippen LogP contribution < -0.4 is 0 Å². The van der Waals surface area contributed by atoms with Crippen molar-refractivity contribution < 1.29 is 15.0 Å². The molecular weight excluding hydrogens is 280 g/mol. The zero-order chi connectivity index (χ0) is 15.5. The molecule has 3 rings (SSSR count). The van der Waals surface area contributed by atoms with Crippen LogP contribution in [-0.4, -0.2) is 45.3 Å². The Morgan fingerprint density at radius 2 is 2.09 bits per heavy atom. The average Bonchev–Trinajstić information content (AvgIpc) is 3.03. The van der Waals surface area contributed by atoms with E-state index < -0.39 is 5.97 Å². The molecule has 1 aromatic rings. The minimum atomic E-state index is -0.924. The van der Waals surface area contributed by atoms with Crippen LogP contribution in [0.15, 0.2) is 18.3 Å². The lowest BCUT2D eigenvalue weighted by atomic mass is 9.82. The van der Waals surface area contributed by atoms with E-state index in [1.807, 2.05) is 0 Å². The van der Waals surface area contributed by atoms with Crippen molar-refractivity contribution >= 4 is 5.97 Å². The van der Waals surface area contributed by atoms with Gasteiger partial charge in [0.25, 0.3) is 0 Å². The van der Waals surface area contributed by atoms with Gasteiger partial charge in [-0.05, 0) is 24.5 Å². The lowest BCUT2D eigenvalue weighted by molar-refractivity contribution is -0.00322. The second kappa shape index (κ2) is 6.75. The molecule has 0 spiro atoms. The SMILES string of the molecule is O=C(O)c1cccnc1CN1CC[C@@H](O)[C@H](C2CCCC2)C1. The summed E-state index contributed by atoms with van der Waals surface area (Å²) in [5, 5.41) is 19.6. The highest BCUT2D eigenvalue weighted by Gasteiger charge is 2.35. The summed E-state index contributed by atoms with van der Waals surface area (Å²) in [6.07, 6.45) is 7.21. The predicted molar refractivity (Wildman–Crippen MR) is 82.5 cm³/mol. The highest BCUT2D eigenvalue weighted by molar-refractivity contribution is 5.88. The van der Waals surface area contributed by atoms with E-state index in [0.29, 0.717) is 24.1 Å². The van der Waals surface area contributed by atoms with E-state index in [4.69, 9.17) is 0 Å². The van der Waals surface area contributed by atoms with E-state index in [1.165, 1.54) is 25.7 Å². The van der Waals surface area contributed by atoms with Crippen molar-refractivity contribution in [2.75, 3.05) is 13.1 Å². The molecule has 1 aliphatic carbocycles. The maximum atomic E-state index is 11.3. The Morgan fingerprint density at radius 1 is 1.32 bits per heavy atom. The van der Waals surface area contributed by atoms with Gasteiger partial charge in [-0.1, -0.05) is 25.7 Å². The average molecular weight is 304 g/mol. The number of aromatic nitrogens is 1. The van der Waals surface area contributed by atoms with E-state index in [1.54, 1.807) is 18.3 Å². The number of nitrogens with zero attached hydrogens (tertiary/aromatic N) is 2. The topological polar surface area (TPSA) is 73.7 Å². The summed E-state index contributed by atoms with van der Waals surface area (Å²) in [5.41, 5.74) is 0.905. The normalized spacial score (nSPS) is 27.1. The number of piperidine rings is 1. The number of likely N-dealkylation sites (tertiary alicyclic amines) is 1. The van der Waals surface area contributed by atoms with Crippen LogP contribution in [0.5, 0.6) is 0 Å². The van der Waals surface area contributed by atoms with Crippen LogP contribution in [0, 0.1) is 11.8 Å². The minimum absolute atomic E-state index is 0.206. The third kappa shape index (κ3) is 3.31. The van der Waals surface area contributed by atoms with Gasteiger partial charge in [0.2, 0.25) is 0 Å². The van der Waals surface area contributed by atoms with Crippen LogP contribution in [0.1, 0.15) is 48.2 Å². The smallest absolute Gasteiger partial charge is 0.337 e. The fourth-order valence-corrected chi connectivity index (χ4v) is 4.00. The van der Waals surface area contributed by atoms with Gasteiger partial charge in [0.1, 0.15) is 0 Å². The number of aliphatic hydroxyl groups excluding tert-OH is 1. The number of carboxylic acid groups (broad SMARTS) is 1. The molecular formula is C17H24N2O3.